The molecular formula is C15H22O3. The summed E-state index contributed by atoms with van der Waals surface area (Å²) in [6.45, 7) is 11.1. The van der Waals surface area contributed by atoms with E-state index in [9.17, 15) is 4.79 Å². The number of carbonyl (C=O) groups excluding carboxylic acids is 1. The monoisotopic (exact) mass is 250 g/mol. The molecule has 0 amide bonds. The van der Waals surface area contributed by atoms with Crippen LogP contribution in [0.2, 0.25) is 0 Å². The van der Waals surface area contributed by atoms with E-state index < -0.39 is 5.60 Å². The Labute approximate surface area is 109 Å². The van der Waals surface area contributed by atoms with Crippen LogP contribution in [0.1, 0.15) is 38.8 Å². The molecule has 0 N–H and O–H groups in total. The van der Waals surface area contributed by atoms with E-state index in [4.69, 9.17) is 9.47 Å². The highest BCUT2D eigenvalue weighted by molar-refractivity contribution is 5.79. The second-order valence-electron chi connectivity index (χ2n) is 5.26. The first-order valence-electron chi connectivity index (χ1n) is 6.20. The third kappa shape index (κ3) is 3.49. The van der Waals surface area contributed by atoms with Crippen LogP contribution in [-0.4, -0.2) is 17.7 Å². The molecule has 1 aromatic carbocycles. The topological polar surface area (TPSA) is 35.5 Å². The van der Waals surface area contributed by atoms with Crippen molar-refractivity contribution in [3.8, 4) is 5.75 Å². The zero-order chi connectivity index (χ0) is 13.9. The summed E-state index contributed by atoms with van der Waals surface area (Å²) in [6, 6.07) is 5.80. The van der Waals surface area contributed by atoms with Gasteiger partial charge in [0.2, 0.25) is 0 Å². The van der Waals surface area contributed by atoms with Crippen molar-refractivity contribution in [2.24, 2.45) is 0 Å². The van der Waals surface area contributed by atoms with Gasteiger partial charge >= 0.3 is 5.97 Å². The van der Waals surface area contributed by atoms with Crippen molar-refractivity contribution < 1.29 is 14.3 Å². The van der Waals surface area contributed by atoms with Gasteiger partial charge in [-0.15, -0.1) is 0 Å². The Kier molecular flexibility index (Phi) is 4.38. The third-order valence-electron chi connectivity index (χ3n) is 2.75. The number of rotatable bonds is 4. The van der Waals surface area contributed by atoms with Crippen LogP contribution >= 0.6 is 0 Å². The van der Waals surface area contributed by atoms with Crippen molar-refractivity contribution in [3.63, 3.8) is 0 Å². The number of carbonyl (C=O) groups is 1. The molecule has 0 heterocycles. The largest absolute Gasteiger partial charge is 0.476 e. The van der Waals surface area contributed by atoms with Crippen LogP contribution in [0.3, 0.4) is 0 Å². The number of benzene rings is 1. The van der Waals surface area contributed by atoms with Gasteiger partial charge in [0, 0.05) is 0 Å². The van der Waals surface area contributed by atoms with Crippen molar-refractivity contribution in [1.82, 2.24) is 0 Å². The Morgan fingerprint density at radius 1 is 1.22 bits per heavy atom. The molecule has 1 aromatic rings. The second kappa shape index (κ2) is 5.42. The standard InChI is InChI=1S/C15H22O3/c1-10(2)17-14(16)15(5,6)18-13-9-7-8-11(3)12(13)4/h7-10H,1-6H3. The quantitative estimate of drug-likeness (QED) is 0.768. The van der Waals surface area contributed by atoms with E-state index >= 15 is 0 Å². The third-order valence-corrected chi connectivity index (χ3v) is 2.75. The number of hydrogen-bond acceptors (Lipinski definition) is 3. The van der Waals surface area contributed by atoms with Crippen LogP contribution in [0.25, 0.3) is 0 Å². The minimum absolute atomic E-state index is 0.140. The van der Waals surface area contributed by atoms with E-state index in [1.807, 2.05) is 45.9 Å². The minimum Gasteiger partial charge on any atom is -0.476 e. The summed E-state index contributed by atoms with van der Waals surface area (Å²) >= 11 is 0. The normalized spacial score (nSPS) is 11.5. The maximum absolute atomic E-state index is 11.9. The van der Waals surface area contributed by atoms with Crippen molar-refractivity contribution >= 4 is 5.97 Å². The highest BCUT2D eigenvalue weighted by Gasteiger charge is 2.32. The Balaban J connectivity index is 2.88. The summed E-state index contributed by atoms with van der Waals surface area (Å²) in [7, 11) is 0. The summed E-state index contributed by atoms with van der Waals surface area (Å²) in [5.41, 5.74) is 1.20. The van der Waals surface area contributed by atoms with Gasteiger partial charge in [-0.05, 0) is 58.7 Å². The average molecular weight is 250 g/mol. The number of aryl methyl sites for hydroxylation is 1. The molecule has 1 rings (SSSR count). The van der Waals surface area contributed by atoms with E-state index in [1.54, 1.807) is 13.8 Å². The smallest absolute Gasteiger partial charge is 0.350 e. The Hall–Kier alpha value is -1.51. The molecule has 3 heteroatoms. The van der Waals surface area contributed by atoms with Gasteiger partial charge in [-0.25, -0.2) is 4.79 Å². The summed E-state index contributed by atoms with van der Waals surface area (Å²) in [5, 5.41) is 0. The molecule has 18 heavy (non-hydrogen) atoms. The van der Waals surface area contributed by atoms with Gasteiger partial charge < -0.3 is 9.47 Å². The molecule has 0 unspecified atom stereocenters. The lowest BCUT2D eigenvalue weighted by Gasteiger charge is -2.26. The van der Waals surface area contributed by atoms with Gasteiger partial charge in [0.05, 0.1) is 6.10 Å². The molecular weight excluding hydrogens is 228 g/mol. The first-order chi connectivity index (χ1) is 8.24. The summed E-state index contributed by atoms with van der Waals surface area (Å²) < 4.78 is 11.0. The van der Waals surface area contributed by atoms with Crippen LogP contribution < -0.4 is 4.74 Å². The lowest BCUT2D eigenvalue weighted by molar-refractivity contribution is -0.163. The van der Waals surface area contributed by atoms with Crippen LogP contribution in [0, 0.1) is 13.8 Å². The Morgan fingerprint density at radius 2 is 1.83 bits per heavy atom. The van der Waals surface area contributed by atoms with E-state index in [-0.39, 0.29) is 12.1 Å². The zero-order valence-corrected chi connectivity index (χ0v) is 12.0. The predicted octanol–water partition coefficient (Wildman–Crippen LogP) is 3.41. The molecule has 100 valence electrons. The summed E-state index contributed by atoms with van der Waals surface area (Å²) in [4.78, 5) is 11.9. The fraction of sp³-hybridized carbons (Fsp3) is 0.533. The second-order valence-corrected chi connectivity index (χ2v) is 5.26. The van der Waals surface area contributed by atoms with Crippen LogP contribution in [-0.2, 0) is 9.53 Å². The molecule has 0 aliphatic carbocycles. The fourth-order valence-corrected chi connectivity index (χ4v) is 1.51. The van der Waals surface area contributed by atoms with E-state index in [1.165, 1.54) is 0 Å². The molecule has 0 atom stereocenters. The highest BCUT2D eigenvalue weighted by Crippen LogP contribution is 2.25. The molecule has 0 spiro atoms. The molecule has 0 aromatic heterocycles. The molecule has 0 fully saturated rings. The van der Waals surface area contributed by atoms with Crippen molar-refractivity contribution in [2.75, 3.05) is 0 Å². The summed E-state index contributed by atoms with van der Waals surface area (Å²) in [6.07, 6.45) is -0.140. The maximum Gasteiger partial charge on any atom is 0.350 e. The predicted molar refractivity (Wildman–Crippen MR) is 71.9 cm³/mol. The van der Waals surface area contributed by atoms with Gasteiger partial charge in [-0.2, -0.15) is 0 Å². The first kappa shape index (κ1) is 14.6. The molecule has 0 saturated heterocycles. The van der Waals surface area contributed by atoms with E-state index in [2.05, 4.69) is 0 Å². The first-order valence-corrected chi connectivity index (χ1v) is 6.20. The molecule has 0 aliphatic heterocycles. The fourth-order valence-electron chi connectivity index (χ4n) is 1.51. The highest BCUT2D eigenvalue weighted by atomic mass is 16.6. The average Bonchev–Trinajstić information content (AvgIpc) is 2.23. The molecule has 0 saturated carbocycles. The van der Waals surface area contributed by atoms with Gasteiger partial charge in [0.15, 0.2) is 5.60 Å². The molecule has 0 radical (unpaired) electrons. The maximum atomic E-state index is 11.9. The van der Waals surface area contributed by atoms with Crippen LogP contribution in [0.5, 0.6) is 5.75 Å². The number of hydrogen-bond donors (Lipinski definition) is 0. The Morgan fingerprint density at radius 3 is 2.39 bits per heavy atom. The van der Waals surface area contributed by atoms with Crippen LogP contribution in [0.4, 0.5) is 0 Å². The van der Waals surface area contributed by atoms with Gasteiger partial charge in [-0.1, -0.05) is 12.1 Å². The zero-order valence-electron chi connectivity index (χ0n) is 12.0. The van der Waals surface area contributed by atoms with E-state index in [0.717, 1.165) is 16.9 Å². The molecule has 0 bridgehead atoms. The van der Waals surface area contributed by atoms with Gasteiger partial charge in [0.25, 0.3) is 0 Å². The van der Waals surface area contributed by atoms with Crippen molar-refractivity contribution in [1.29, 1.82) is 0 Å². The molecule has 0 aliphatic rings. The Bertz CT molecular complexity index is 433. The SMILES string of the molecule is Cc1cccc(OC(C)(C)C(=O)OC(C)C)c1C. The summed E-state index contributed by atoms with van der Waals surface area (Å²) in [5.74, 6) is 0.374. The van der Waals surface area contributed by atoms with Crippen molar-refractivity contribution in [2.45, 2.75) is 53.2 Å². The number of esters is 1. The van der Waals surface area contributed by atoms with Crippen LogP contribution in [0.15, 0.2) is 18.2 Å². The van der Waals surface area contributed by atoms with Crippen molar-refractivity contribution in [3.05, 3.63) is 29.3 Å². The molecule has 3 nitrogen and oxygen atoms in total. The van der Waals surface area contributed by atoms with E-state index in [0.29, 0.717) is 0 Å². The minimum atomic E-state index is -0.983. The lowest BCUT2D eigenvalue weighted by atomic mass is 10.1. The lowest BCUT2D eigenvalue weighted by Crippen LogP contribution is -2.41. The van der Waals surface area contributed by atoms with Gasteiger partial charge in [0.1, 0.15) is 5.75 Å². The number of ether oxygens (including phenoxy) is 2. The van der Waals surface area contributed by atoms with Gasteiger partial charge in [-0.3, -0.25) is 0 Å².